The zero-order chi connectivity index (χ0) is 15.9. The molecule has 2 rings (SSSR count). The van der Waals surface area contributed by atoms with Crippen molar-refractivity contribution in [2.75, 3.05) is 17.7 Å². The first-order valence-corrected chi connectivity index (χ1v) is 7.40. The first kappa shape index (κ1) is 15.9. The Hall–Kier alpha value is -2.49. The van der Waals surface area contributed by atoms with Gasteiger partial charge in [0.1, 0.15) is 0 Å². The summed E-state index contributed by atoms with van der Waals surface area (Å²) in [6, 6.07) is 15.6. The average Bonchev–Trinajstić information content (AvgIpc) is 2.49. The van der Waals surface area contributed by atoms with E-state index in [0.29, 0.717) is 12.5 Å². The van der Waals surface area contributed by atoms with Crippen LogP contribution in [-0.4, -0.2) is 12.7 Å². The zero-order valence-corrected chi connectivity index (χ0v) is 13.0. The molecule has 0 radical (unpaired) electrons. The number of rotatable bonds is 5. The molecule has 22 heavy (non-hydrogen) atoms. The van der Waals surface area contributed by atoms with Crippen molar-refractivity contribution in [3.8, 4) is 0 Å². The van der Waals surface area contributed by atoms with Crippen molar-refractivity contribution < 1.29 is 9.53 Å². The van der Waals surface area contributed by atoms with E-state index in [1.807, 2.05) is 62.4 Å². The standard InChI is InChI=1S/C18H22N2O2/c1-13(2)12-22-18(21)20-17-9-5-15(6-10-17)11-14-3-7-16(19)8-4-14/h3-10,13H,11-12,19H2,1-2H3,(H,20,21). The Kier molecular flexibility index (Phi) is 5.42. The topological polar surface area (TPSA) is 64.3 Å². The average molecular weight is 298 g/mol. The fourth-order valence-electron chi connectivity index (χ4n) is 1.97. The molecule has 0 unspecified atom stereocenters. The predicted octanol–water partition coefficient (Wildman–Crippen LogP) is 4.06. The van der Waals surface area contributed by atoms with Crippen molar-refractivity contribution in [1.82, 2.24) is 0 Å². The van der Waals surface area contributed by atoms with E-state index in [1.165, 1.54) is 11.1 Å². The van der Waals surface area contributed by atoms with E-state index >= 15 is 0 Å². The molecule has 4 nitrogen and oxygen atoms in total. The van der Waals surface area contributed by atoms with Crippen molar-refractivity contribution in [2.24, 2.45) is 5.92 Å². The molecule has 0 saturated carbocycles. The highest BCUT2D eigenvalue weighted by molar-refractivity contribution is 5.84. The number of nitrogen functional groups attached to an aromatic ring is 1. The molecule has 0 spiro atoms. The SMILES string of the molecule is CC(C)COC(=O)Nc1ccc(Cc2ccc(N)cc2)cc1. The van der Waals surface area contributed by atoms with E-state index in [4.69, 9.17) is 10.5 Å². The van der Waals surface area contributed by atoms with Gasteiger partial charge < -0.3 is 10.5 Å². The Morgan fingerprint density at radius 1 is 1.05 bits per heavy atom. The lowest BCUT2D eigenvalue weighted by Crippen LogP contribution is -2.16. The number of benzene rings is 2. The van der Waals surface area contributed by atoms with Gasteiger partial charge in [-0.1, -0.05) is 38.1 Å². The van der Waals surface area contributed by atoms with E-state index < -0.39 is 6.09 Å². The molecule has 0 fully saturated rings. The van der Waals surface area contributed by atoms with Gasteiger partial charge in [-0.05, 0) is 47.7 Å². The van der Waals surface area contributed by atoms with Crippen LogP contribution in [0.25, 0.3) is 0 Å². The highest BCUT2D eigenvalue weighted by atomic mass is 16.5. The van der Waals surface area contributed by atoms with Gasteiger partial charge in [0, 0.05) is 11.4 Å². The molecule has 4 heteroatoms. The molecular weight excluding hydrogens is 276 g/mol. The predicted molar refractivity (Wildman–Crippen MR) is 89.9 cm³/mol. The summed E-state index contributed by atoms with van der Waals surface area (Å²) in [6.07, 6.45) is 0.415. The molecule has 0 aromatic heterocycles. The van der Waals surface area contributed by atoms with Crippen LogP contribution in [0, 0.1) is 5.92 Å². The summed E-state index contributed by atoms with van der Waals surface area (Å²) in [5, 5.41) is 2.72. The third-order valence-electron chi connectivity index (χ3n) is 3.14. The smallest absolute Gasteiger partial charge is 0.411 e. The molecule has 0 aliphatic carbocycles. The maximum atomic E-state index is 11.6. The van der Waals surface area contributed by atoms with Crippen molar-refractivity contribution >= 4 is 17.5 Å². The third-order valence-corrected chi connectivity index (χ3v) is 3.14. The van der Waals surface area contributed by atoms with Crippen molar-refractivity contribution in [3.05, 3.63) is 59.7 Å². The van der Waals surface area contributed by atoms with Gasteiger partial charge in [0.25, 0.3) is 0 Å². The lowest BCUT2D eigenvalue weighted by Gasteiger charge is -2.09. The van der Waals surface area contributed by atoms with E-state index in [-0.39, 0.29) is 0 Å². The second-order valence-corrected chi connectivity index (χ2v) is 5.73. The lowest BCUT2D eigenvalue weighted by molar-refractivity contribution is 0.147. The fourth-order valence-corrected chi connectivity index (χ4v) is 1.97. The van der Waals surface area contributed by atoms with Gasteiger partial charge in [-0.3, -0.25) is 5.32 Å². The highest BCUT2D eigenvalue weighted by Gasteiger charge is 2.04. The van der Waals surface area contributed by atoms with Crippen LogP contribution in [0.3, 0.4) is 0 Å². The first-order chi connectivity index (χ1) is 10.5. The summed E-state index contributed by atoms with van der Waals surface area (Å²) in [5.74, 6) is 0.327. The molecule has 2 aromatic rings. The Labute approximate surface area is 131 Å². The summed E-state index contributed by atoms with van der Waals surface area (Å²) in [4.78, 5) is 11.6. The molecule has 1 amide bonds. The van der Waals surface area contributed by atoms with E-state index in [9.17, 15) is 4.79 Å². The fraction of sp³-hybridized carbons (Fsp3) is 0.278. The maximum Gasteiger partial charge on any atom is 0.411 e. The number of ether oxygens (including phenoxy) is 1. The first-order valence-electron chi connectivity index (χ1n) is 7.40. The third kappa shape index (κ3) is 5.13. The number of nitrogens with two attached hydrogens (primary N) is 1. The Balaban J connectivity index is 1.90. The van der Waals surface area contributed by atoms with Gasteiger partial charge in [-0.15, -0.1) is 0 Å². The second kappa shape index (κ2) is 7.50. The van der Waals surface area contributed by atoms with Crippen LogP contribution in [0.5, 0.6) is 0 Å². The van der Waals surface area contributed by atoms with E-state index in [0.717, 1.165) is 17.8 Å². The van der Waals surface area contributed by atoms with Crippen molar-refractivity contribution in [3.63, 3.8) is 0 Å². The number of amides is 1. The Bertz CT molecular complexity index is 604. The number of hydrogen-bond donors (Lipinski definition) is 2. The number of nitrogens with one attached hydrogen (secondary N) is 1. The van der Waals surface area contributed by atoms with Crippen molar-refractivity contribution in [1.29, 1.82) is 0 Å². The van der Waals surface area contributed by atoms with Gasteiger partial charge in [-0.2, -0.15) is 0 Å². The van der Waals surface area contributed by atoms with Crippen molar-refractivity contribution in [2.45, 2.75) is 20.3 Å². The van der Waals surface area contributed by atoms with Crippen LogP contribution in [0.1, 0.15) is 25.0 Å². The second-order valence-electron chi connectivity index (χ2n) is 5.73. The molecular formula is C18H22N2O2. The summed E-state index contributed by atoms with van der Waals surface area (Å²) in [7, 11) is 0. The maximum absolute atomic E-state index is 11.6. The zero-order valence-electron chi connectivity index (χ0n) is 13.0. The van der Waals surface area contributed by atoms with Crippen LogP contribution < -0.4 is 11.1 Å². The molecule has 0 bridgehead atoms. The quantitative estimate of drug-likeness (QED) is 0.818. The van der Waals surface area contributed by atoms with E-state index in [1.54, 1.807) is 0 Å². The van der Waals surface area contributed by atoms with Crippen LogP contribution >= 0.6 is 0 Å². The van der Waals surface area contributed by atoms with Crippen LogP contribution in [0.2, 0.25) is 0 Å². The summed E-state index contributed by atoms with van der Waals surface area (Å²) >= 11 is 0. The molecule has 0 saturated heterocycles. The minimum absolute atomic E-state index is 0.327. The van der Waals surface area contributed by atoms with Gasteiger partial charge >= 0.3 is 6.09 Å². The molecule has 3 N–H and O–H groups in total. The molecule has 0 atom stereocenters. The number of carbonyl (C=O) groups excluding carboxylic acids is 1. The lowest BCUT2D eigenvalue weighted by atomic mass is 10.0. The normalized spacial score (nSPS) is 10.5. The van der Waals surface area contributed by atoms with Gasteiger partial charge in [0.15, 0.2) is 0 Å². The molecule has 0 aliphatic rings. The highest BCUT2D eigenvalue weighted by Crippen LogP contribution is 2.15. The van der Waals surface area contributed by atoms with Gasteiger partial charge in [-0.25, -0.2) is 4.79 Å². The number of anilines is 2. The molecule has 2 aromatic carbocycles. The molecule has 116 valence electrons. The Morgan fingerprint density at radius 3 is 2.14 bits per heavy atom. The van der Waals surface area contributed by atoms with Crippen LogP contribution in [0.4, 0.5) is 16.2 Å². The van der Waals surface area contributed by atoms with Crippen LogP contribution in [-0.2, 0) is 11.2 Å². The minimum Gasteiger partial charge on any atom is -0.449 e. The Morgan fingerprint density at radius 2 is 1.59 bits per heavy atom. The summed E-state index contributed by atoms with van der Waals surface area (Å²) in [5.41, 5.74) is 9.55. The molecule has 0 heterocycles. The summed E-state index contributed by atoms with van der Waals surface area (Å²) in [6.45, 7) is 4.42. The van der Waals surface area contributed by atoms with Gasteiger partial charge in [0.05, 0.1) is 6.61 Å². The van der Waals surface area contributed by atoms with Crippen LogP contribution in [0.15, 0.2) is 48.5 Å². The monoisotopic (exact) mass is 298 g/mol. The number of carbonyl (C=O) groups is 1. The summed E-state index contributed by atoms with van der Waals surface area (Å²) < 4.78 is 5.08. The largest absolute Gasteiger partial charge is 0.449 e. The molecule has 0 aliphatic heterocycles. The number of hydrogen-bond acceptors (Lipinski definition) is 3. The minimum atomic E-state index is -0.417. The van der Waals surface area contributed by atoms with Gasteiger partial charge in [0.2, 0.25) is 0 Å². The van der Waals surface area contributed by atoms with E-state index in [2.05, 4.69) is 5.32 Å².